The normalized spacial score (nSPS) is 11.8. The van der Waals surface area contributed by atoms with Gasteiger partial charge in [0.15, 0.2) is 0 Å². The fraction of sp³-hybridized carbons (Fsp3) is 0.200. The Bertz CT molecular complexity index is 1840. The predicted molar refractivity (Wildman–Crippen MR) is 205 cm³/mol. The first-order chi connectivity index (χ1) is 23.8. The maximum atomic E-state index is 12.9. The summed E-state index contributed by atoms with van der Waals surface area (Å²) in [4.78, 5) is 25.8. The van der Waals surface area contributed by atoms with Crippen LogP contribution in [0, 0.1) is 6.92 Å². The second-order valence-electron chi connectivity index (χ2n) is 11.3. The van der Waals surface area contributed by atoms with Gasteiger partial charge in [0, 0.05) is 41.5 Å². The first-order valence-corrected chi connectivity index (χ1v) is 18.2. The number of carbonyl (C=O) groups is 2. The number of halogens is 4. The summed E-state index contributed by atoms with van der Waals surface area (Å²) in [5.74, 6) is -1.49. The number of aryl methyl sites for hydroxylation is 1. The minimum Gasteiger partial charge on any atom is -0.507 e. The number of oxime groups is 2. The van der Waals surface area contributed by atoms with E-state index in [1.807, 2.05) is 25.1 Å². The van der Waals surface area contributed by atoms with Crippen LogP contribution in [0.2, 0.25) is 0 Å². The maximum absolute atomic E-state index is 12.9. The quantitative estimate of drug-likeness (QED) is 0.0417. The van der Waals surface area contributed by atoms with Gasteiger partial charge in [-0.2, -0.15) is 0 Å². The molecule has 0 saturated carbocycles. The van der Waals surface area contributed by atoms with Gasteiger partial charge in [-0.15, -0.1) is 0 Å². The number of phenolic OH excluding ortho intramolecular Hbond substituents is 3. The Labute approximate surface area is 321 Å². The third kappa shape index (κ3) is 10.1. The monoisotopic (exact) mass is 936 g/mol. The third-order valence-corrected chi connectivity index (χ3v) is 10.4. The number of amides is 2. The average Bonchev–Trinajstić information content (AvgIpc) is 3.08. The van der Waals surface area contributed by atoms with Crippen molar-refractivity contribution in [2.45, 2.75) is 32.6 Å². The molecule has 7 N–H and O–H groups in total. The lowest BCUT2D eigenvalue weighted by Crippen LogP contribution is -2.33. The highest BCUT2D eigenvalue weighted by atomic mass is 79.9. The molecule has 0 radical (unpaired) electrons. The van der Waals surface area contributed by atoms with Crippen LogP contribution in [0.5, 0.6) is 17.2 Å². The van der Waals surface area contributed by atoms with Crippen molar-refractivity contribution in [2.24, 2.45) is 10.3 Å². The van der Waals surface area contributed by atoms with Crippen molar-refractivity contribution in [1.29, 1.82) is 0 Å². The molecular formula is C35H32Br4N4O7. The lowest BCUT2D eigenvalue weighted by molar-refractivity contribution is -0.115. The van der Waals surface area contributed by atoms with Gasteiger partial charge in [0.05, 0.1) is 13.4 Å². The predicted octanol–water partition coefficient (Wildman–Crippen LogP) is 7.29. The van der Waals surface area contributed by atoms with E-state index in [1.165, 1.54) is 12.1 Å². The Morgan fingerprint density at radius 2 is 1.02 bits per heavy atom. The van der Waals surface area contributed by atoms with Crippen molar-refractivity contribution in [3.8, 4) is 28.4 Å². The number of rotatable bonds is 13. The van der Waals surface area contributed by atoms with Gasteiger partial charge in [-0.25, -0.2) is 0 Å². The van der Waals surface area contributed by atoms with E-state index >= 15 is 0 Å². The average molecular weight is 940 g/mol. The summed E-state index contributed by atoms with van der Waals surface area (Å²) in [6, 6.07) is 17.1. The van der Waals surface area contributed by atoms with Crippen LogP contribution in [0.4, 0.5) is 0 Å². The number of phenols is 3. The molecular weight excluding hydrogens is 908 g/mol. The van der Waals surface area contributed by atoms with Crippen LogP contribution in [0.25, 0.3) is 11.1 Å². The zero-order valence-electron chi connectivity index (χ0n) is 26.5. The summed E-state index contributed by atoms with van der Waals surface area (Å²) >= 11 is 13.4. The molecule has 0 atom stereocenters. The topological polar surface area (TPSA) is 184 Å². The van der Waals surface area contributed by atoms with Gasteiger partial charge in [0.25, 0.3) is 11.8 Å². The fourth-order valence-electron chi connectivity index (χ4n) is 4.98. The Hall–Kier alpha value is -3.92. The second kappa shape index (κ2) is 17.8. The Kier molecular flexibility index (Phi) is 13.9. The van der Waals surface area contributed by atoms with Crippen LogP contribution in [-0.4, -0.2) is 62.1 Å². The highest BCUT2D eigenvalue weighted by Crippen LogP contribution is 2.44. The summed E-state index contributed by atoms with van der Waals surface area (Å²) in [7, 11) is 0. The van der Waals surface area contributed by atoms with Gasteiger partial charge in [-0.1, -0.05) is 44.4 Å². The minimum atomic E-state index is -0.607. The van der Waals surface area contributed by atoms with Crippen molar-refractivity contribution in [2.75, 3.05) is 13.1 Å². The van der Waals surface area contributed by atoms with E-state index in [2.05, 4.69) is 84.7 Å². The van der Waals surface area contributed by atoms with Crippen LogP contribution >= 0.6 is 63.7 Å². The SMILES string of the molecule is Cc1ccc(CCNC(=O)/C(Cc2cc(Br)c(O)c(-c3cc(C/C(=N\O)C(=O)NCCc4ccc(O)c(Br)c4)cc(Br)c3O)c2)=N/O)cc1Br. The Morgan fingerprint density at radius 3 is 1.44 bits per heavy atom. The lowest BCUT2D eigenvalue weighted by Gasteiger charge is -2.15. The molecule has 262 valence electrons. The standard InChI is InChI=1S/C35H32Br4N4O7/c1-18-2-3-19(12-25(18)36)6-8-40-34(47)29(42-49)16-21-10-23(32(45)27(38)14-21)24-11-22(15-28(39)33(24)46)17-30(43-50)35(48)41-9-7-20-4-5-31(44)26(37)13-20/h2-5,10-15,44-46,49-50H,6-9,16-17H2,1H3,(H,40,47)(H,41,48)/b42-29+,43-30+. The largest absolute Gasteiger partial charge is 0.507 e. The lowest BCUT2D eigenvalue weighted by atomic mass is 9.95. The fourth-order valence-corrected chi connectivity index (χ4v) is 6.84. The van der Waals surface area contributed by atoms with Crippen molar-refractivity contribution in [1.82, 2.24) is 10.6 Å². The highest BCUT2D eigenvalue weighted by molar-refractivity contribution is 9.11. The number of hydrogen-bond acceptors (Lipinski definition) is 9. The molecule has 0 aliphatic carbocycles. The summed E-state index contributed by atoms with van der Waals surface area (Å²) in [5, 5.41) is 62.9. The second-order valence-corrected chi connectivity index (χ2v) is 14.7. The van der Waals surface area contributed by atoms with Crippen LogP contribution in [0.15, 0.2) is 88.9 Å². The number of carbonyl (C=O) groups excluding carboxylic acids is 2. The van der Waals surface area contributed by atoms with Gasteiger partial charge in [0.2, 0.25) is 0 Å². The number of benzene rings is 4. The van der Waals surface area contributed by atoms with E-state index in [0.717, 1.165) is 21.2 Å². The number of aromatic hydroxyl groups is 3. The molecule has 15 heteroatoms. The molecule has 0 bridgehead atoms. The van der Waals surface area contributed by atoms with E-state index in [0.29, 0.717) is 35.0 Å². The molecule has 0 aliphatic heterocycles. The molecule has 11 nitrogen and oxygen atoms in total. The van der Waals surface area contributed by atoms with Crippen LogP contribution in [0.3, 0.4) is 0 Å². The molecule has 4 aromatic carbocycles. The van der Waals surface area contributed by atoms with E-state index in [-0.39, 0.29) is 68.1 Å². The molecule has 0 fully saturated rings. The van der Waals surface area contributed by atoms with E-state index in [4.69, 9.17) is 0 Å². The summed E-state index contributed by atoms with van der Waals surface area (Å²) < 4.78 is 2.00. The molecule has 0 spiro atoms. The van der Waals surface area contributed by atoms with Crippen LogP contribution in [-0.2, 0) is 35.3 Å². The Balaban J connectivity index is 1.48. The van der Waals surface area contributed by atoms with Gasteiger partial charge < -0.3 is 36.4 Å². The van der Waals surface area contributed by atoms with Gasteiger partial charge in [-0.3, -0.25) is 9.59 Å². The molecule has 0 aliphatic rings. The molecule has 0 heterocycles. The third-order valence-electron chi connectivity index (χ3n) is 7.69. The first kappa shape index (κ1) is 38.9. The number of nitrogens with zero attached hydrogens (tertiary/aromatic N) is 2. The van der Waals surface area contributed by atoms with Gasteiger partial charge >= 0.3 is 0 Å². The highest BCUT2D eigenvalue weighted by Gasteiger charge is 2.21. The number of hydrogen-bond donors (Lipinski definition) is 7. The smallest absolute Gasteiger partial charge is 0.269 e. The minimum absolute atomic E-state index is 0.101. The molecule has 0 aromatic heterocycles. The maximum Gasteiger partial charge on any atom is 0.269 e. The van der Waals surface area contributed by atoms with E-state index in [1.54, 1.807) is 30.3 Å². The molecule has 2 amide bonds. The van der Waals surface area contributed by atoms with Crippen molar-refractivity contribution in [3.63, 3.8) is 0 Å². The Morgan fingerprint density at radius 1 is 0.600 bits per heavy atom. The summed E-state index contributed by atoms with van der Waals surface area (Å²) in [5.41, 5.74) is 3.94. The first-order valence-electron chi connectivity index (χ1n) is 15.0. The van der Waals surface area contributed by atoms with Gasteiger partial charge in [-0.05, 0) is 138 Å². The van der Waals surface area contributed by atoms with Crippen molar-refractivity contribution >= 4 is 87.0 Å². The van der Waals surface area contributed by atoms with Crippen LogP contribution in [0.1, 0.15) is 27.8 Å². The van der Waals surface area contributed by atoms with Crippen LogP contribution < -0.4 is 10.6 Å². The molecule has 0 unspecified atom stereocenters. The molecule has 0 saturated heterocycles. The van der Waals surface area contributed by atoms with Gasteiger partial charge in [0.1, 0.15) is 28.7 Å². The van der Waals surface area contributed by atoms with Crippen molar-refractivity contribution < 1.29 is 35.3 Å². The molecule has 4 rings (SSSR count). The molecule has 4 aromatic rings. The zero-order valence-corrected chi connectivity index (χ0v) is 32.8. The van der Waals surface area contributed by atoms with E-state index in [9.17, 15) is 35.3 Å². The summed E-state index contributed by atoms with van der Waals surface area (Å²) in [6.07, 6.45) is 0.792. The molecule has 50 heavy (non-hydrogen) atoms. The van der Waals surface area contributed by atoms with Crippen molar-refractivity contribution in [3.05, 3.63) is 106 Å². The summed E-state index contributed by atoms with van der Waals surface area (Å²) in [6.45, 7) is 2.52. The van der Waals surface area contributed by atoms with E-state index < -0.39 is 11.8 Å². The zero-order chi connectivity index (χ0) is 36.5. The number of nitrogens with one attached hydrogen (secondary N) is 2.